The van der Waals surface area contributed by atoms with Crippen molar-refractivity contribution in [3.05, 3.63) is 0 Å². The molecule has 4 atom stereocenters. The number of rotatable bonds is 2. The highest BCUT2D eigenvalue weighted by Crippen LogP contribution is 2.45. The number of carbonyl (C=O) groups is 2. The van der Waals surface area contributed by atoms with E-state index in [0.717, 1.165) is 0 Å². The zero-order valence-electron chi connectivity index (χ0n) is 12.4. The lowest BCUT2D eigenvalue weighted by atomic mass is 9.97. The van der Waals surface area contributed by atoms with Gasteiger partial charge in [-0.1, -0.05) is 0 Å². The molecule has 1 heterocycles. The van der Waals surface area contributed by atoms with Gasteiger partial charge in [-0.25, -0.2) is 14.0 Å². The van der Waals surface area contributed by atoms with Gasteiger partial charge >= 0.3 is 12.1 Å². The smallest absolute Gasteiger partial charge is 0.411 e. The second kappa shape index (κ2) is 5.22. The van der Waals surface area contributed by atoms with E-state index >= 15 is 0 Å². The van der Waals surface area contributed by atoms with Gasteiger partial charge in [0.05, 0.1) is 6.61 Å². The number of alkyl halides is 1. The van der Waals surface area contributed by atoms with Crippen LogP contribution in [0.1, 0.15) is 40.5 Å². The standard InChI is InChI=1S/C14H22FNO4/c1-5-19-12(17)11-9-6-8(7-10(9)15)16(11)13(18)20-14(2,3)4/h8-11H,5-7H2,1-4H3/t8-,9+,10-,11-/m0/s1. The van der Waals surface area contributed by atoms with Gasteiger partial charge in [0, 0.05) is 12.0 Å². The number of likely N-dealkylation sites (tertiary alicyclic amines) is 1. The first-order chi connectivity index (χ1) is 9.24. The zero-order valence-corrected chi connectivity index (χ0v) is 12.4. The largest absolute Gasteiger partial charge is 0.464 e. The fraction of sp³-hybridized carbons (Fsp3) is 0.857. The first-order valence-corrected chi connectivity index (χ1v) is 7.06. The Morgan fingerprint density at radius 2 is 1.95 bits per heavy atom. The zero-order chi connectivity index (χ0) is 15.1. The number of ether oxygens (including phenoxy) is 2. The fourth-order valence-electron chi connectivity index (χ4n) is 3.07. The van der Waals surface area contributed by atoms with Crippen molar-refractivity contribution in [1.82, 2.24) is 4.90 Å². The molecule has 0 radical (unpaired) electrons. The summed E-state index contributed by atoms with van der Waals surface area (Å²) >= 11 is 0. The summed E-state index contributed by atoms with van der Waals surface area (Å²) < 4.78 is 24.2. The van der Waals surface area contributed by atoms with Crippen molar-refractivity contribution in [1.29, 1.82) is 0 Å². The van der Waals surface area contributed by atoms with Crippen molar-refractivity contribution in [3.8, 4) is 0 Å². The number of hydrogen-bond acceptors (Lipinski definition) is 4. The Balaban J connectivity index is 2.17. The quantitative estimate of drug-likeness (QED) is 0.731. The molecule has 0 unspecified atom stereocenters. The number of hydrogen-bond donors (Lipinski definition) is 0. The molecule has 0 spiro atoms. The SMILES string of the molecule is CCOC(=O)[C@@H]1[C@@H]2C[C@@H](C[C@@H]2F)N1C(=O)OC(C)(C)C. The predicted octanol–water partition coefficient (Wildman–Crippen LogP) is 2.29. The third-order valence-corrected chi connectivity index (χ3v) is 3.74. The Kier molecular flexibility index (Phi) is 3.93. The molecule has 1 saturated heterocycles. The van der Waals surface area contributed by atoms with E-state index in [1.807, 2.05) is 0 Å². The lowest BCUT2D eigenvalue weighted by Crippen LogP contribution is -2.53. The summed E-state index contributed by atoms with van der Waals surface area (Å²) in [6.45, 7) is 7.19. The number of amides is 1. The molecule has 2 fully saturated rings. The van der Waals surface area contributed by atoms with Crippen LogP contribution in [-0.4, -0.2) is 47.4 Å². The van der Waals surface area contributed by atoms with E-state index in [1.165, 1.54) is 4.90 Å². The molecule has 1 saturated carbocycles. The molecule has 114 valence electrons. The van der Waals surface area contributed by atoms with Crippen LogP contribution in [0.5, 0.6) is 0 Å². The molecule has 0 aromatic heterocycles. The molecule has 2 aliphatic rings. The number of carbonyl (C=O) groups excluding carboxylic acids is 2. The molecule has 1 aliphatic carbocycles. The van der Waals surface area contributed by atoms with Crippen LogP contribution in [0.25, 0.3) is 0 Å². The number of halogens is 1. The topological polar surface area (TPSA) is 55.8 Å². The Labute approximate surface area is 118 Å². The molecule has 0 N–H and O–H groups in total. The predicted molar refractivity (Wildman–Crippen MR) is 69.9 cm³/mol. The third-order valence-electron chi connectivity index (χ3n) is 3.74. The summed E-state index contributed by atoms with van der Waals surface area (Å²) in [4.78, 5) is 25.7. The first-order valence-electron chi connectivity index (χ1n) is 7.06. The van der Waals surface area contributed by atoms with E-state index in [-0.39, 0.29) is 19.1 Å². The highest BCUT2D eigenvalue weighted by molar-refractivity contribution is 5.83. The molecule has 2 bridgehead atoms. The molecule has 1 amide bonds. The van der Waals surface area contributed by atoms with Crippen molar-refractivity contribution in [3.63, 3.8) is 0 Å². The van der Waals surface area contributed by atoms with Gasteiger partial charge in [-0.3, -0.25) is 4.90 Å². The minimum Gasteiger partial charge on any atom is -0.464 e. The molecular weight excluding hydrogens is 265 g/mol. The summed E-state index contributed by atoms with van der Waals surface area (Å²) in [7, 11) is 0. The summed E-state index contributed by atoms with van der Waals surface area (Å²) in [5.74, 6) is -1.00. The Hall–Kier alpha value is -1.33. The summed E-state index contributed by atoms with van der Waals surface area (Å²) in [6.07, 6.45) is -0.827. The average Bonchev–Trinajstić information content (AvgIpc) is 2.82. The second-order valence-electron chi connectivity index (χ2n) is 6.39. The third kappa shape index (κ3) is 2.74. The van der Waals surface area contributed by atoms with Gasteiger partial charge in [-0.05, 0) is 40.5 Å². The average molecular weight is 287 g/mol. The summed E-state index contributed by atoms with van der Waals surface area (Å²) in [5, 5.41) is 0. The van der Waals surface area contributed by atoms with Crippen LogP contribution in [0.3, 0.4) is 0 Å². The highest BCUT2D eigenvalue weighted by atomic mass is 19.1. The van der Waals surface area contributed by atoms with Crippen LogP contribution in [0.15, 0.2) is 0 Å². The second-order valence-corrected chi connectivity index (χ2v) is 6.39. The lowest BCUT2D eigenvalue weighted by Gasteiger charge is -2.36. The molecule has 1 aliphatic heterocycles. The highest BCUT2D eigenvalue weighted by Gasteiger charge is 2.57. The Bertz CT molecular complexity index is 406. The first kappa shape index (κ1) is 15.1. The molecule has 0 aromatic rings. The van der Waals surface area contributed by atoms with E-state index < -0.39 is 35.8 Å². The van der Waals surface area contributed by atoms with Crippen molar-refractivity contribution in [2.75, 3.05) is 6.61 Å². The number of piperidine rings is 1. The Morgan fingerprint density at radius 3 is 2.50 bits per heavy atom. The lowest BCUT2D eigenvalue weighted by molar-refractivity contribution is -0.152. The van der Waals surface area contributed by atoms with Gasteiger partial charge in [0.1, 0.15) is 17.8 Å². The van der Waals surface area contributed by atoms with Gasteiger partial charge in [0.25, 0.3) is 0 Å². The van der Waals surface area contributed by atoms with E-state index in [2.05, 4.69) is 0 Å². The van der Waals surface area contributed by atoms with E-state index in [1.54, 1.807) is 27.7 Å². The maximum Gasteiger partial charge on any atom is 0.411 e. The normalized spacial score (nSPS) is 32.4. The van der Waals surface area contributed by atoms with Gasteiger partial charge < -0.3 is 9.47 Å². The Morgan fingerprint density at radius 1 is 1.30 bits per heavy atom. The van der Waals surface area contributed by atoms with Gasteiger partial charge in [-0.15, -0.1) is 0 Å². The van der Waals surface area contributed by atoms with Crippen LogP contribution in [-0.2, 0) is 14.3 Å². The molecule has 0 aromatic carbocycles. The van der Waals surface area contributed by atoms with Crippen molar-refractivity contribution in [2.45, 2.75) is 64.4 Å². The van der Waals surface area contributed by atoms with Crippen LogP contribution in [0.4, 0.5) is 9.18 Å². The maximum atomic E-state index is 13.9. The van der Waals surface area contributed by atoms with E-state index in [9.17, 15) is 14.0 Å². The summed E-state index contributed by atoms with van der Waals surface area (Å²) in [5.41, 5.74) is -0.646. The van der Waals surface area contributed by atoms with Crippen LogP contribution in [0.2, 0.25) is 0 Å². The van der Waals surface area contributed by atoms with E-state index in [4.69, 9.17) is 9.47 Å². The summed E-state index contributed by atoms with van der Waals surface area (Å²) in [6, 6.07) is -1.11. The molecule has 5 nitrogen and oxygen atoms in total. The van der Waals surface area contributed by atoms with Crippen LogP contribution < -0.4 is 0 Å². The van der Waals surface area contributed by atoms with Gasteiger partial charge in [0.2, 0.25) is 0 Å². The number of esters is 1. The molecule has 2 rings (SSSR count). The van der Waals surface area contributed by atoms with Crippen molar-refractivity contribution >= 4 is 12.1 Å². The van der Waals surface area contributed by atoms with Crippen LogP contribution >= 0.6 is 0 Å². The minimum absolute atomic E-state index is 0.214. The monoisotopic (exact) mass is 287 g/mol. The van der Waals surface area contributed by atoms with Crippen LogP contribution in [0, 0.1) is 5.92 Å². The van der Waals surface area contributed by atoms with Gasteiger partial charge in [-0.2, -0.15) is 0 Å². The fourth-order valence-corrected chi connectivity index (χ4v) is 3.07. The van der Waals surface area contributed by atoms with E-state index in [0.29, 0.717) is 6.42 Å². The van der Waals surface area contributed by atoms with Gasteiger partial charge in [0.15, 0.2) is 0 Å². The number of fused-ring (bicyclic) bond motifs is 2. The molecule has 20 heavy (non-hydrogen) atoms. The minimum atomic E-state index is -1.05. The maximum absolute atomic E-state index is 13.9. The van der Waals surface area contributed by atoms with Crippen molar-refractivity contribution in [2.24, 2.45) is 5.92 Å². The number of nitrogens with zero attached hydrogens (tertiary/aromatic N) is 1. The van der Waals surface area contributed by atoms with Crippen molar-refractivity contribution < 1.29 is 23.5 Å². The molecular formula is C14H22FNO4. The molecule has 6 heteroatoms.